The topological polar surface area (TPSA) is 24.1 Å². The minimum Gasteiger partial charge on any atom is -0.320 e. The van der Waals surface area contributed by atoms with E-state index in [0.29, 0.717) is 5.41 Å². The van der Waals surface area contributed by atoms with Crippen LogP contribution in [0.25, 0.3) is 0 Å². The number of rotatable bonds is 9. The first-order valence-electron chi connectivity index (χ1n) is 5.20. The van der Waals surface area contributed by atoms with Crippen LogP contribution < -0.4 is 10.6 Å². The van der Waals surface area contributed by atoms with Crippen LogP contribution in [0.1, 0.15) is 13.3 Å². The summed E-state index contributed by atoms with van der Waals surface area (Å²) in [4.78, 5) is 0. The molecule has 0 aliphatic heterocycles. The van der Waals surface area contributed by atoms with E-state index in [4.69, 9.17) is 0 Å². The highest BCUT2D eigenvalue weighted by Crippen LogP contribution is 2.26. The molecule has 0 aliphatic rings. The van der Waals surface area contributed by atoms with Gasteiger partial charge in [-0.05, 0) is 38.6 Å². The normalized spacial score (nSPS) is 15.4. The second kappa shape index (κ2) is 8.89. The average Bonchev–Trinajstić information content (AvgIpc) is 2.22. The van der Waals surface area contributed by atoms with E-state index in [1.807, 2.05) is 18.8 Å². The van der Waals surface area contributed by atoms with Crippen LogP contribution >= 0.6 is 24.4 Å². The smallest absolute Gasteiger partial charge is 0.00239 e. The van der Waals surface area contributed by atoms with Crippen molar-refractivity contribution in [3.8, 4) is 0 Å². The third-order valence-corrected chi connectivity index (χ3v) is 4.01. The van der Waals surface area contributed by atoms with E-state index in [9.17, 15) is 0 Å². The SMILES string of the molecule is CCNCC(CS)(CCNC)CSC. The molecule has 0 aromatic carbocycles. The molecule has 0 bridgehead atoms. The monoisotopic (exact) mass is 236 g/mol. The van der Waals surface area contributed by atoms with Crippen molar-refractivity contribution in [3.63, 3.8) is 0 Å². The van der Waals surface area contributed by atoms with E-state index < -0.39 is 0 Å². The molecule has 0 heterocycles. The van der Waals surface area contributed by atoms with Crippen molar-refractivity contribution < 1.29 is 0 Å². The van der Waals surface area contributed by atoms with Crippen molar-refractivity contribution in [3.05, 3.63) is 0 Å². The highest BCUT2D eigenvalue weighted by atomic mass is 32.2. The van der Waals surface area contributed by atoms with Gasteiger partial charge in [-0.2, -0.15) is 24.4 Å². The summed E-state index contributed by atoms with van der Waals surface area (Å²) >= 11 is 6.42. The molecule has 4 heteroatoms. The van der Waals surface area contributed by atoms with Crippen LogP contribution in [0.5, 0.6) is 0 Å². The Bertz CT molecular complexity index is 123. The minimum atomic E-state index is 0.349. The van der Waals surface area contributed by atoms with Gasteiger partial charge in [-0.3, -0.25) is 0 Å². The fourth-order valence-electron chi connectivity index (χ4n) is 1.48. The number of thiol groups is 1. The molecule has 0 saturated carbocycles. The van der Waals surface area contributed by atoms with E-state index in [2.05, 4.69) is 36.4 Å². The quantitative estimate of drug-likeness (QED) is 0.529. The third kappa shape index (κ3) is 5.49. The minimum absolute atomic E-state index is 0.349. The van der Waals surface area contributed by atoms with Gasteiger partial charge in [-0.1, -0.05) is 6.92 Å². The van der Waals surface area contributed by atoms with E-state index in [-0.39, 0.29) is 0 Å². The first kappa shape index (κ1) is 14.6. The van der Waals surface area contributed by atoms with Crippen molar-refractivity contribution in [1.82, 2.24) is 10.6 Å². The Morgan fingerprint density at radius 2 is 2.14 bits per heavy atom. The summed E-state index contributed by atoms with van der Waals surface area (Å²) in [5.41, 5.74) is 0.349. The molecule has 2 nitrogen and oxygen atoms in total. The fourth-order valence-corrected chi connectivity index (χ4v) is 2.97. The van der Waals surface area contributed by atoms with Gasteiger partial charge in [0.2, 0.25) is 0 Å². The summed E-state index contributed by atoms with van der Waals surface area (Å²) in [6.45, 7) is 5.35. The maximum absolute atomic E-state index is 4.50. The van der Waals surface area contributed by atoms with Crippen molar-refractivity contribution in [1.29, 1.82) is 0 Å². The zero-order chi connectivity index (χ0) is 10.9. The van der Waals surface area contributed by atoms with Gasteiger partial charge in [0.15, 0.2) is 0 Å². The van der Waals surface area contributed by atoms with Gasteiger partial charge in [0.25, 0.3) is 0 Å². The Balaban J connectivity index is 4.11. The molecule has 0 fully saturated rings. The summed E-state index contributed by atoms with van der Waals surface area (Å²) in [5, 5.41) is 6.66. The Morgan fingerprint density at radius 1 is 1.43 bits per heavy atom. The van der Waals surface area contributed by atoms with E-state index in [0.717, 1.165) is 25.4 Å². The molecule has 2 N–H and O–H groups in total. The predicted octanol–water partition coefficient (Wildman–Crippen LogP) is 1.48. The van der Waals surface area contributed by atoms with Gasteiger partial charge in [0.05, 0.1) is 0 Å². The molecule has 1 unspecified atom stereocenters. The van der Waals surface area contributed by atoms with Gasteiger partial charge in [-0.15, -0.1) is 0 Å². The van der Waals surface area contributed by atoms with E-state index in [1.54, 1.807) is 0 Å². The maximum atomic E-state index is 4.50. The molecule has 0 radical (unpaired) electrons. The van der Waals surface area contributed by atoms with Crippen LogP contribution in [0, 0.1) is 5.41 Å². The van der Waals surface area contributed by atoms with Gasteiger partial charge < -0.3 is 10.6 Å². The lowest BCUT2D eigenvalue weighted by Crippen LogP contribution is -2.40. The Kier molecular flexibility index (Phi) is 9.28. The standard InChI is InChI=1S/C10H24N2S2/c1-4-12-7-10(8-13,9-14-3)5-6-11-2/h11-13H,4-9H2,1-3H3. The summed E-state index contributed by atoms with van der Waals surface area (Å²) < 4.78 is 0. The second-order valence-electron chi connectivity index (χ2n) is 3.73. The number of nitrogens with one attached hydrogen (secondary N) is 2. The Labute approximate surface area is 98.4 Å². The number of hydrogen-bond donors (Lipinski definition) is 3. The molecule has 0 aromatic heterocycles. The number of hydrogen-bond acceptors (Lipinski definition) is 4. The zero-order valence-electron chi connectivity index (χ0n) is 9.60. The van der Waals surface area contributed by atoms with Crippen LogP contribution in [0.2, 0.25) is 0 Å². The zero-order valence-corrected chi connectivity index (χ0v) is 11.3. The average molecular weight is 236 g/mol. The molecular formula is C10H24N2S2. The van der Waals surface area contributed by atoms with Gasteiger partial charge in [0.1, 0.15) is 0 Å². The molecule has 0 saturated heterocycles. The lowest BCUT2D eigenvalue weighted by atomic mass is 9.88. The molecule has 14 heavy (non-hydrogen) atoms. The maximum Gasteiger partial charge on any atom is 0.00239 e. The number of thioether (sulfide) groups is 1. The van der Waals surface area contributed by atoms with E-state index in [1.165, 1.54) is 12.2 Å². The summed E-state index contributed by atoms with van der Waals surface area (Å²) in [5.74, 6) is 2.15. The first-order valence-corrected chi connectivity index (χ1v) is 7.22. The van der Waals surface area contributed by atoms with Crippen molar-refractivity contribution in [2.75, 3.05) is 44.4 Å². The van der Waals surface area contributed by atoms with Gasteiger partial charge >= 0.3 is 0 Å². The second-order valence-corrected chi connectivity index (χ2v) is 4.91. The van der Waals surface area contributed by atoms with Crippen molar-refractivity contribution >= 4 is 24.4 Å². The molecule has 0 aliphatic carbocycles. The highest BCUT2D eigenvalue weighted by molar-refractivity contribution is 7.98. The van der Waals surface area contributed by atoms with Gasteiger partial charge in [-0.25, -0.2) is 0 Å². The molecule has 1 atom stereocenters. The van der Waals surface area contributed by atoms with Gasteiger partial charge in [0, 0.05) is 17.7 Å². The Morgan fingerprint density at radius 3 is 2.57 bits per heavy atom. The third-order valence-electron chi connectivity index (χ3n) is 2.44. The molecular weight excluding hydrogens is 212 g/mol. The molecule has 86 valence electrons. The molecule has 0 aromatic rings. The Hall–Kier alpha value is 0.620. The lowest BCUT2D eigenvalue weighted by Gasteiger charge is -2.32. The van der Waals surface area contributed by atoms with E-state index >= 15 is 0 Å². The van der Waals surface area contributed by atoms with Crippen LogP contribution in [0.15, 0.2) is 0 Å². The highest BCUT2D eigenvalue weighted by Gasteiger charge is 2.26. The lowest BCUT2D eigenvalue weighted by molar-refractivity contribution is 0.332. The molecule has 0 amide bonds. The van der Waals surface area contributed by atoms with Crippen LogP contribution in [-0.2, 0) is 0 Å². The molecule has 0 rings (SSSR count). The van der Waals surface area contributed by atoms with Crippen molar-refractivity contribution in [2.24, 2.45) is 5.41 Å². The first-order chi connectivity index (χ1) is 6.74. The summed E-state index contributed by atoms with van der Waals surface area (Å²) in [7, 11) is 2.01. The van der Waals surface area contributed by atoms with Crippen molar-refractivity contribution in [2.45, 2.75) is 13.3 Å². The van der Waals surface area contributed by atoms with Crippen LogP contribution in [0.4, 0.5) is 0 Å². The van der Waals surface area contributed by atoms with Crippen LogP contribution in [-0.4, -0.2) is 44.4 Å². The fraction of sp³-hybridized carbons (Fsp3) is 1.00. The largest absolute Gasteiger partial charge is 0.320 e. The summed E-state index contributed by atoms with van der Waals surface area (Å²) in [6, 6.07) is 0. The van der Waals surface area contributed by atoms with Crippen LogP contribution in [0.3, 0.4) is 0 Å². The summed E-state index contributed by atoms with van der Waals surface area (Å²) in [6.07, 6.45) is 3.37. The predicted molar refractivity (Wildman–Crippen MR) is 71.8 cm³/mol. The molecule has 0 spiro atoms.